The zero-order chi connectivity index (χ0) is 18.6. The summed E-state index contributed by atoms with van der Waals surface area (Å²) in [6.45, 7) is 4.22. The Hall–Kier alpha value is -2.08. The van der Waals surface area contributed by atoms with Gasteiger partial charge in [0, 0.05) is 24.7 Å². The van der Waals surface area contributed by atoms with E-state index in [1.54, 1.807) is 4.57 Å². The lowest BCUT2D eigenvalue weighted by Crippen LogP contribution is -2.24. The maximum Gasteiger partial charge on any atom is 0.265 e. The molecular formula is C22H28Cl2N4O. The van der Waals surface area contributed by atoms with Gasteiger partial charge >= 0.3 is 0 Å². The second-order valence-corrected chi connectivity index (χ2v) is 7.17. The predicted molar refractivity (Wildman–Crippen MR) is 125 cm³/mol. The zero-order valence-electron chi connectivity index (χ0n) is 16.6. The van der Waals surface area contributed by atoms with E-state index >= 15 is 0 Å². The molecule has 1 saturated heterocycles. The maximum absolute atomic E-state index is 13.2. The van der Waals surface area contributed by atoms with Crippen molar-refractivity contribution >= 4 is 41.4 Å². The number of rotatable bonds is 6. The Balaban J connectivity index is 0.00000150. The number of aryl methyl sites for hydroxylation is 1. The van der Waals surface area contributed by atoms with Crippen molar-refractivity contribution in [1.29, 1.82) is 0 Å². The first kappa shape index (κ1) is 23.2. The summed E-state index contributed by atoms with van der Waals surface area (Å²) in [7, 11) is 0. The fourth-order valence-corrected chi connectivity index (χ4v) is 3.67. The van der Waals surface area contributed by atoms with Gasteiger partial charge in [-0.25, -0.2) is 4.98 Å². The maximum atomic E-state index is 13.2. The monoisotopic (exact) mass is 434 g/mol. The van der Waals surface area contributed by atoms with Crippen molar-refractivity contribution in [3.63, 3.8) is 0 Å². The Morgan fingerprint density at radius 3 is 2.59 bits per heavy atom. The van der Waals surface area contributed by atoms with Gasteiger partial charge in [0.1, 0.15) is 5.82 Å². The van der Waals surface area contributed by atoms with Crippen LogP contribution in [0.15, 0.2) is 53.3 Å². The van der Waals surface area contributed by atoms with Gasteiger partial charge in [-0.05, 0) is 55.8 Å². The predicted octanol–water partition coefficient (Wildman–Crippen LogP) is 4.35. The van der Waals surface area contributed by atoms with E-state index in [0.29, 0.717) is 11.4 Å². The first-order valence-electron chi connectivity index (χ1n) is 9.84. The van der Waals surface area contributed by atoms with Crippen molar-refractivity contribution in [3.8, 4) is 5.69 Å². The molecule has 3 aromatic rings. The second-order valence-electron chi connectivity index (χ2n) is 7.17. The minimum atomic E-state index is 0. The molecule has 0 spiro atoms. The number of nitrogens with one attached hydrogen (secondary N) is 2. The van der Waals surface area contributed by atoms with E-state index in [2.05, 4.69) is 29.7 Å². The number of nitrogens with zero attached hydrogens (tertiary/aromatic N) is 2. The molecule has 2 N–H and O–H groups in total. The number of benzene rings is 2. The molecule has 4 rings (SSSR count). The number of halogens is 2. The number of aromatic nitrogens is 2. The molecule has 7 heteroatoms. The highest BCUT2D eigenvalue weighted by molar-refractivity contribution is 5.85. The minimum Gasteiger partial charge on any atom is -0.381 e. The Morgan fingerprint density at radius 2 is 1.90 bits per heavy atom. The smallest absolute Gasteiger partial charge is 0.265 e. The topological polar surface area (TPSA) is 59.0 Å². The summed E-state index contributed by atoms with van der Waals surface area (Å²) >= 11 is 0. The minimum absolute atomic E-state index is 0. The van der Waals surface area contributed by atoms with Gasteiger partial charge in [-0.1, -0.05) is 25.5 Å². The molecule has 1 fully saturated rings. The van der Waals surface area contributed by atoms with Crippen LogP contribution in [0.3, 0.4) is 0 Å². The molecule has 2 heterocycles. The molecule has 1 unspecified atom stereocenters. The summed E-state index contributed by atoms with van der Waals surface area (Å²) < 4.78 is 1.78. The summed E-state index contributed by atoms with van der Waals surface area (Å²) in [5, 5.41) is 7.58. The molecule has 1 atom stereocenters. The lowest BCUT2D eigenvalue weighted by molar-refractivity contribution is 0.720. The van der Waals surface area contributed by atoms with Gasteiger partial charge in [0.15, 0.2) is 0 Å². The van der Waals surface area contributed by atoms with Gasteiger partial charge < -0.3 is 10.6 Å². The average molecular weight is 435 g/mol. The van der Waals surface area contributed by atoms with E-state index in [1.165, 1.54) is 0 Å². The molecule has 156 valence electrons. The van der Waals surface area contributed by atoms with Crippen LogP contribution in [0.1, 0.15) is 32.0 Å². The van der Waals surface area contributed by atoms with E-state index in [-0.39, 0.29) is 30.4 Å². The SMILES string of the molecule is CCCCc1nc2ccccc2c(=O)n1-c1ccc(NC2CCNC2)cc1.Cl.Cl. The quantitative estimate of drug-likeness (QED) is 0.605. The Morgan fingerprint density at radius 1 is 1.14 bits per heavy atom. The van der Waals surface area contributed by atoms with E-state index < -0.39 is 0 Å². The van der Waals surface area contributed by atoms with Crippen LogP contribution >= 0.6 is 24.8 Å². The highest BCUT2D eigenvalue weighted by Gasteiger charge is 2.15. The van der Waals surface area contributed by atoms with Gasteiger partial charge in [0.25, 0.3) is 5.56 Å². The van der Waals surface area contributed by atoms with Crippen molar-refractivity contribution < 1.29 is 0 Å². The van der Waals surface area contributed by atoms with Crippen molar-refractivity contribution in [2.75, 3.05) is 18.4 Å². The summed E-state index contributed by atoms with van der Waals surface area (Å²) in [6, 6.07) is 16.2. The first-order chi connectivity index (χ1) is 13.3. The van der Waals surface area contributed by atoms with Crippen LogP contribution in [0, 0.1) is 0 Å². The molecule has 0 amide bonds. The number of hydrogen-bond donors (Lipinski definition) is 2. The van der Waals surface area contributed by atoms with E-state index in [4.69, 9.17) is 4.98 Å². The Kier molecular flexibility index (Phi) is 8.50. The second kappa shape index (κ2) is 10.6. The summed E-state index contributed by atoms with van der Waals surface area (Å²) in [5.74, 6) is 0.834. The van der Waals surface area contributed by atoms with E-state index in [1.807, 2.05) is 36.4 Å². The molecule has 5 nitrogen and oxygen atoms in total. The molecule has 1 aromatic heterocycles. The van der Waals surface area contributed by atoms with E-state index in [0.717, 1.165) is 61.5 Å². The van der Waals surface area contributed by atoms with Crippen LogP contribution in [0.25, 0.3) is 16.6 Å². The molecular weight excluding hydrogens is 407 g/mol. The van der Waals surface area contributed by atoms with Crippen LogP contribution in [-0.4, -0.2) is 28.7 Å². The average Bonchev–Trinajstić information content (AvgIpc) is 3.20. The summed E-state index contributed by atoms with van der Waals surface area (Å²) in [4.78, 5) is 18.0. The molecule has 2 aromatic carbocycles. The van der Waals surface area contributed by atoms with Gasteiger partial charge in [0.2, 0.25) is 0 Å². The molecule has 0 aliphatic carbocycles. The summed E-state index contributed by atoms with van der Waals surface area (Å²) in [6.07, 6.45) is 4.02. The third kappa shape index (κ3) is 5.10. The Bertz CT molecular complexity index is 982. The fraction of sp³-hybridized carbons (Fsp3) is 0.364. The molecule has 1 aliphatic heterocycles. The lowest BCUT2D eigenvalue weighted by atomic mass is 10.2. The number of anilines is 1. The van der Waals surface area contributed by atoms with Gasteiger partial charge in [0.05, 0.1) is 16.6 Å². The summed E-state index contributed by atoms with van der Waals surface area (Å²) in [5.41, 5.74) is 2.74. The standard InChI is InChI=1S/C22H26N4O.2ClH/c1-2-3-8-21-25-20-7-5-4-6-19(20)22(27)26(21)18-11-9-16(10-12-18)24-17-13-14-23-15-17;;/h4-7,9-12,17,23-24H,2-3,8,13-15H2,1H3;2*1H. The molecule has 1 aliphatic rings. The largest absolute Gasteiger partial charge is 0.381 e. The number of fused-ring (bicyclic) bond motifs is 1. The van der Waals surface area contributed by atoms with Gasteiger partial charge in [-0.15, -0.1) is 24.8 Å². The van der Waals surface area contributed by atoms with Crippen molar-refractivity contribution in [2.45, 2.75) is 38.6 Å². The first-order valence-corrected chi connectivity index (χ1v) is 9.84. The fourth-order valence-electron chi connectivity index (χ4n) is 3.67. The third-order valence-corrected chi connectivity index (χ3v) is 5.16. The lowest BCUT2D eigenvalue weighted by Gasteiger charge is -2.16. The zero-order valence-corrected chi connectivity index (χ0v) is 18.2. The number of para-hydroxylation sites is 1. The molecule has 29 heavy (non-hydrogen) atoms. The van der Waals surface area contributed by atoms with Crippen LogP contribution < -0.4 is 16.2 Å². The van der Waals surface area contributed by atoms with Crippen LogP contribution in [0.5, 0.6) is 0 Å². The van der Waals surface area contributed by atoms with Crippen molar-refractivity contribution in [3.05, 3.63) is 64.7 Å². The normalized spacial score (nSPS) is 15.6. The highest BCUT2D eigenvalue weighted by atomic mass is 35.5. The van der Waals surface area contributed by atoms with Crippen molar-refractivity contribution in [2.24, 2.45) is 0 Å². The number of hydrogen-bond acceptors (Lipinski definition) is 4. The molecule has 0 saturated carbocycles. The van der Waals surface area contributed by atoms with Crippen LogP contribution in [0.4, 0.5) is 5.69 Å². The molecule has 0 radical (unpaired) electrons. The number of unbranched alkanes of at least 4 members (excludes halogenated alkanes) is 1. The van der Waals surface area contributed by atoms with Gasteiger partial charge in [-0.3, -0.25) is 9.36 Å². The van der Waals surface area contributed by atoms with Crippen LogP contribution in [-0.2, 0) is 6.42 Å². The molecule has 0 bridgehead atoms. The van der Waals surface area contributed by atoms with Crippen LogP contribution in [0.2, 0.25) is 0 Å². The van der Waals surface area contributed by atoms with Gasteiger partial charge in [-0.2, -0.15) is 0 Å². The van der Waals surface area contributed by atoms with Crippen molar-refractivity contribution in [1.82, 2.24) is 14.9 Å². The Labute approximate surface area is 183 Å². The van der Waals surface area contributed by atoms with E-state index in [9.17, 15) is 4.79 Å². The highest BCUT2D eigenvalue weighted by Crippen LogP contribution is 2.18. The third-order valence-electron chi connectivity index (χ3n) is 5.16.